The highest BCUT2D eigenvalue weighted by molar-refractivity contribution is 5.85. The fourth-order valence-electron chi connectivity index (χ4n) is 1.72. The van der Waals surface area contributed by atoms with Gasteiger partial charge in [-0.2, -0.15) is 0 Å². The maximum absolute atomic E-state index is 11.3. The van der Waals surface area contributed by atoms with Crippen LogP contribution in [-0.2, 0) is 29.0 Å². The Hall–Kier alpha value is -0.850. The lowest BCUT2D eigenvalue weighted by Gasteiger charge is -2.05. The lowest BCUT2D eigenvalue weighted by molar-refractivity contribution is -0.145. The molecule has 0 fully saturated rings. The zero-order chi connectivity index (χ0) is 10.1. The molecule has 0 aromatic carbocycles. The summed E-state index contributed by atoms with van der Waals surface area (Å²) in [6.45, 7) is 0.933. The average Bonchev–Trinajstić information content (AvgIpc) is 2.74. The summed E-state index contributed by atoms with van der Waals surface area (Å²) in [6.07, 6.45) is 0.597. The van der Waals surface area contributed by atoms with Crippen LogP contribution in [0.25, 0.3) is 0 Å². The fourth-order valence-corrected chi connectivity index (χ4v) is 1.72. The molecule has 8 heteroatoms. The average molecular weight is 269 g/mol. The summed E-state index contributed by atoms with van der Waals surface area (Å²) in [5, 5.41) is 7.87. The minimum absolute atomic E-state index is 0. The molecule has 1 aliphatic rings. The number of hydrogen-bond donors (Lipinski definition) is 1. The molecule has 1 aromatic rings. The van der Waals surface area contributed by atoms with Crippen molar-refractivity contribution in [2.75, 3.05) is 7.11 Å². The monoisotopic (exact) mass is 268 g/mol. The van der Waals surface area contributed by atoms with Crippen LogP contribution in [0.5, 0.6) is 0 Å². The molecule has 2 rings (SSSR count). The molecule has 1 unspecified atom stereocenters. The highest BCUT2D eigenvalue weighted by atomic mass is 35.5. The number of methoxy groups -OCH3 is 1. The third kappa shape index (κ3) is 2.45. The van der Waals surface area contributed by atoms with Crippen LogP contribution in [-0.4, -0.2) is 27.8 Å². The van der Waals surface area contributed by atoms with Crippen LogP contribution < -0.4 is 5.73 Å². The van der Waals surface area contributed by atoms with Gasteiger partial charge >= 0.3 is 5.97 Å². The van der Waals surface area contributed by atoms with Crippen LogP contribution in [0.1, 0.15) is 11.6 Å². The molecule has 0 bridgehead atoms. The van der Waals surface area contributed by atoms with Crippen LogP contribution >= 0.6 is 24.8 Å². The van der Waals surface area contributed by atoms with E-state index in [1.54, 1.807) is 0 Å². The Balaban J connectivity index is 0.00000112. The molecule has 2 N–H and O–H groups in total. The van der Waals surface area contributed by atoms with Gasteiger partial charge in [0.05, 0.1) is 19.6 Å². The van der Waals surface area contributed by atoms with Gasteiger partial charge in [-0.05, 0) is 0 Å². The SMILES string of the molecule is COC(=O)C1Cc2nnc(CN)n2C1.Cl.Cl. The number of carbonyl (C=O) groups is 1. The summed E-state index contributed by atoms with van der Waals surface area (Å²) < 4.78 is 6.57. The number of ether oxygens (including phenoxy) is 1. The van der Waals surface area contributed by atoms with E-state index in [9.17, 15) is 4.79 Å². The number of rotatable bonds is 2. The second-order valence-corrected chi connectivity index (χ2v) is 3.27. The highest BCUT2D eigenvalue weighted by Gasteiger charge is 2.31. The number of halogens is 2. The minimum atomic E-state index is -0.196. The van der Waals surface area contributed by atoms with Gasteiger partial charge in [-0.1, -0.05) is 0 Å². The van der Waals surface area contributed by atoms with E-state index in [2.05, 4.69) is 14.9 Å². The normalized spacial score (nSPS) is 17.0. The molecule has 0 amide bonds. The molecular weight excluding hydrogens is 255 g/mol. The van der Waals surface area contributed by atoms with Gasteiger partial charge in [-0.15, -0.1) is 35.0 Å². The Morgan fingerprint density at radius 2 is 2.25 bits per heavy atom. The van der Waals surface area contributed by atoms with Crippen molar-refractivity contribution >= 4 is 30.8 Å². The Labute approximate surface area is 105 Å². The molecule has 16 heavy (non-hydrogen) atoms. The quantitative estimate of drug-likeness (QED) is 0.759. The third-order valence-corrected chi connectivity index (χ3v) is 2.45. The molecule has 0 saturated carbocycles. The summed E-state index contributed by atoms with van der Waals surface area (Å²) in [5.74, 6) is 1.22. The molecule has 92 valence electrons. The Morgan fingerprint density at radius 1 is 1.56 bits per heavy atom. The predicted molar refractivity (Wildman–Crippen MR) is 61.6 cm³/mol. The molecule has 1 aromatic heterocycles. The summed E-state index contributed by atoms with van der Waals surface area (Å²) in [4.78, 5) is 11.3. The van der Waals surface area contributed by atoms with Crippen molar-refractivity contribution in [1.82, 2.24) is 14.8 Å². The first kappa shape index (κ1) is 15.2. The molecule has 2 heterocycles. The van der Waals surface area contributed by atoms with E-state index in [0.29, 0.717) is 19.5 Å². The van der Waals surface area contributed by atoms with Crippen LogP contribution in [0.4, 0.5) is 0 Å². The first-order valence-electron chi connectivity index (χ1n) is 4.45. The largest absolute Gasteiger partial charge is 0.469 e. The van der Waals surface area contributed by atoms with Gasteiger partial charge < -0.3 is 15.0 Å². The van der Waals surface area contributed by atoms with Crippen molar-refractivity contribution < 1.29 is 9.53 Å². The molecule has 0 saturated heterocycles. The smallest absolute Gasteiger partial charge is 0.310 e. The van der Waals surface area contributed by atoms with Crippen LogP contribution in [0.3, 0.4) is 0 Å². The maximum atomic E-state index is 11.3. The van der Waals surface area contributed by atoms with Crippen LogP contribution in [0.15, 0.2) is 0 Å². The fraction of sp³-hybridized carbons (Fsp3) is 0.625. The summed E-state index contributed by atoms with van der Waals surface area (Å²) in [6, 6.07) is 0. The summed E-state index contributed by atoms with van der Waals surface area (Å²) >= 11 is 0. The lowest BCUT2D eigenvalue weighted by Crippen LogP contribution is -2.18. The predicted octanol–water partition coefficient (Wildman–Crippen LogP) is -0.0743. The molecule has 1 aliphatic heterocycles. The van der Waals surface area contributed by atoms with E-state index in [4.69, 9.17) is 5.73 Å². The summed E-state index contributed by atoms with van der Waals surface area (Å²) in [7, 11) is 1.39. The van der Waals surface area contributed by atoms with E-state index >= 15 is 0 Å². The van der Waals surface area contributed by atoms with Gasteiger partial charge in [0.15, 0.2) is 0 Å². The minimum Gasteiger partial charge on any atom is -0.469 e. The van der Waals surface area contributed by atoms with E-state index in [-0.39, 0.29) is 36.7 Å². The van der Waals surface area contributed by atoms with Gasteiger partial charge in [0.1, 0.15) is 11.6 Å². The zero-order valence-corrected chi connectivity index (χ0v) is 10.4. The molecule has 1 atom stereocenters. The van der Waals surface area contributed by atoms with Crippen molar-refractivity contribution in [2.24, 2.45) is 11.7 Å². The van der Waals surface area contributed by atoms with Crippen LogP contribution in [0.2, 0.25) is 0 Å². The van der Waals surface area contributed by atoms with Gasteiger partial charge in [-0.25, -0.2) is 0 Å². The molecule has 0 spiro atoms. The topological polar surface area (TPSA) is 83.0 Å². The number of fused-ring (bicyclic) bond motifs is 1. The van der Waals surface area contributed by atoms with Crippen LogP contribution in [0, 0.1) is 5.92 Å². The number of esters is 1. The van der Waals surface area contributed by atoms with Crippen molar-refractivity contribution in [3.63, 3.8) is 0 Å². The zero-order valence-electron chi connectivity index (χ0n) is 8.75. The maximum Gasteiger partial charge on any atom is 0.310 e. The number of hydrogen-bond acceptors (Lipinski definition) is 5. The standard InChI is InChI=1S/C8H12N4O2.2ClH/c1-14-8(13)5-2-6-10-11-7(3-9)12(6)4-5;;/h5H,2-4,9H2,1H3;2*1H. The highest BCUT2D eigenvalue weighted by Crippen LogP contribution is 2.20. The Morgan fingerprint density at radius 3 is 2.81 bits per heavy atom. The van der Waals surface area contributed by atoms with E-state index in [0.717, 1.165) is 11.6 Å². The van der Waals surface area contributed by atoms with Crippen molar-refractivity contribution in [2.45, 2.75) is 19.5 Å². The molecule has 0 aliphatic carbocycles. The number of nitrogens with zero attached hydrogens (tertiary/aromatic N) is 3. The Kier molecular flexibility index (Phi) is 5.71. The van der Waals surface area contributed by atoms with Crippen molar-refractivity contribution in [3.05, 3.63) is 11.6 Å². The number of carbonyl (C=O) groups excluding carboxylic acids is 1. The lowest BCUT2D eigenvalue weighted by atomic mass is 10.1. The number of aromatic nitrogens is 3. The second-order valence-electron chi connectivity index (χ2n) is 3.27. The van der Waals surface area contributed by atoms with Crippen molar-refractivity contribution in [3.8, 4) is 0 Å². The first-order valence-corrected chi connectivity index (χ1v) is 4.45. The molecule has 6 nitrogen and oxygen atoms in total. The molecule has 0 radical (unpaired) electrons. The van der Waals surface area contributed by atoms with Gasteiger partial charge in [0, 0.05) is 13.0 Å². The van der Waals surface area contributed by atoms with E-state index in [1.807, 2.05) is 4.57 Å². The first-order chi connectivity index (χ1) is 6.76. The van der Waals surface area contributed by atoms with E-state index < -0.39 is 0 Å². The van der Waals surface area contributed by atoms with E-state index in [1.165, 1.54) is 7.11 Å². The third-order valence-electron chi connectivity index (χ3n) is 2.45. The van der Waals surface area contributed by atoms with Gasteiger partial charge in [-0.3, -0.25) is 4.79 Å². The number of nitrogens with two attached hydrogens (primary N) is 1. The molecular formula is C8H14Cl2N4O2. The second kappa shape index (κ2) is 6.03. The van der Waals surface area contributed by atoms with Crippen molar-refractivity contribution in [1.29, 1.82) is 0 Å². The summed E-state index contributed by atoms with van der Waals surface area (Å²) in [5.41, 5.74) is 5.48. The van der Waals surface area contributed by atoms with Gasteiger partial charge in [0.2, 0.25) is 0 Å². The van der Waals surface area contributed by atoms with Gasteiger partial charge in [0.25, 0.3) is 0 Å². The Bertz CT molecular complexity index is 369.